The number of unbranched alkanes of at least 4 members (excludes halogenated alkanes) is 32. The molecule has 0 saturated carbocycles. The molecule has 0 atom stereocenters. The summed E-state index contributed by atoms with van der Waals surface area (Å²) in [5, 5.41) is 0. The second kappa shape index (κ2) is 36.8. The third-order valence-electron chi connectivity index (χ3n) is 10.8. The second-order valence-corrected chi connectivity index (χ2v) is 15.9. The van der Waals surface area contributed by atoms with Gasteiger partial charge < -0.3 is 0 Å². The van der Waals surface area contributed by atoms with Crippen LogP contribution in [-0.2, 0) is 0 Å². The monoisotopic (exact) mass is 634 g/mol. The first-order chi connectivity index (χ1) is 22.1. The number of hydrogen-bond acceptors (Lipinski definition) is 1. The average molecular weight is 634 g/mol. The van der Waals surface area contributed by atoms with Crippen molar-refractivity contribution in [1.82, 2.24) is 4.90 Å². The van der Waals surface area contributed by atoms with Crippen LogP contribution in [0.4, 0.5) is 0 Å². The van der Waals surface area contributed by atoms with Gasteiger partial charge in [-0.1, -0.05) is 233 Å². The van der Waals surface area contributed by atoms with E-state index in [4.69, 9.17) is 0 Å². The minimum Gasteiger partial charge on any atom is -0.298 e. The molecule has 0 fully saturated rings. The van der Waals surface area contributed by atoms with Crippen molar-refractivity contribution in [3.05, 3.63) is 0 Å². The van der Waals surface area contributed by atoms with Gasteiger partial charge in [-0.25, -0.2) is 0 Å². The van der Waals surface area contributed by atoms with E-state index < -0.39 is 0 Å². The van der Waals surface area contributed by atoms with Crippen LogP contribution in [0.1, 0.15) is 266 Å². The summed E-state index contributed by atoms with van der Waals surface area (Å²) >= 11 is 0. The lowest BCUT2D eigenvalue weighted by Gasteiger charge is -2.39. The predicted octanol–water partition coefficient (Wildman–Crippen LogP) is 16.2. The van der Waals surface area contributed by atoms with Gasteiger partial charge in [0.2, 0.25) is 0 Å². The van der Waals surface area contributed by atoms with E-state index in [0.717, 1.165) is 0 Å². The van der Waals surface area contributed by atoms with Crippen molar-refractivity contribution in [3.63, 3.8) is 0 Å². The lowest BCUT2D eigenvalue weighted by Crippen LogP contribution is -2.45. The van der Waals surface area contributed by atoms with Crippen LogP contribution in [0.25, 0.3) is 0 Å². The quantitative estimate of drug-likeness (QED) is 0.0609. The Balaban J connectivity index is 4.01. The van der Waals surface area contributed by atoms with E-state index >= 15 is 0 Å². The van der Waals surface area contributed by atoms with E-state index in [-0.39, 0.29) is 0 Å². The van der Waals surface area contributed by atoms with Crippen LogP contribution in [0.5, 0.6) is 0 Å². The van der Waals surface area contributed by atoms with Crippen LogP contribution < -0.4 is 0 Å². The van der Waals surface area contributed by atoms with Crippen molar-refractivity contribution in [1.29, 1.82) is 0 Å². The summed E-state index contributed by atoms with van der Waals surface area (Å²) in [4.78, 5) is 2.91. The largest absolute Gasteiger partial charge is 0.298 e. The van der Waals surface area contributed by atoms with Gasteiger partial charge in [-0.3, -0.25) is 4.90 Å². The molecule has 0 radical (unpaired) electrons. The number of rotatable bonds is 39. The van der Waals surface area contributed by atoms with Gasteiger partial charge in [-0.2, -0.15) is 0 Å². The highest BCUT2D eigenvalue weighted by molar-refractivity contribution is 4.81. The molecule has 0 aromatic rings. The molecule has 272 valence electrons. The van der Waals surface area contributed by atoms with E-state index in [1.54, 1.807) is 0 Å². The number of nitrogens with zero attached hydrogens (tertiary/aromatic N) is 1. The molecule has 0 bridgehead atoms. The van der Waals surface area contributed by atoms with E-state index in [1.165, 1.54) is 244 Å². The molecule has 0 aromatic heterocycles. The Morgan fingerprint density at radius 2 is 0.467 bits per heavy atom. The SMILES string of the molecule is CCCCCCCCCCCCCCCCCN(CCCCCCCCCCCCCCCCC)C(C)(C)CCCCCCC. The van der Waals surface area contributed by atoms with Crippen molar-refractivity contribution >= 4 is 0 Å². The first-order valence-corrected chi connectivity index (χ1v) is 21.8. The van der Waals surface area contributed by atoms with Gasteiger partial charge >= 0.3 is 0 Å². The highest BCUT2D eigenvalue weighted by Crippen LogP contribution is 2.25. The molecule has 0 rings (SSSR count). The van der Waals surface area contributed by atoms with E-state index in [1.807, 2.05) is 0 Å². The summed E-state index contributed by atoms with van der Waals surface area (Å²) in [5.41, 5.74) is 0.373. The topological polar surface area (TPSA) is 3.24 Å². The molecule has 1 heteroatoms. The maximum absolute atomic E-state index is 2.91. The average Bonchev–Trinajstić information content (AvgIpc) is 3.03. The summed E-state index contributed by atoms with van der Waals surface area (Å²) in [6.07, 6.45) is 52.2. The molecule has 0 aliphatic carbocycles. The minimum absolute atomic E-state index is 0.373. The molecule has 1 nitrogen and oxygen atoms in total. The van der Waals surface area contributed by atoms with Crippen molar-refractivity contribution in [2.24, 2.45) is 0 Å². The summed E-state index contributed by atoms with van der Waals surface area (Å²) < 4.78 is 0. The van der Waals surface area contributed by atoms with Crippen molar-refractivity contribution in [3.8, 4) is 0 Å². The van der Waals surface area contributed by atoms with Crippen LogP contribution in [0, 0.1) is 0 Å². The van der Waals surface area contributed by atoms with Gasteiger partial charge in [0.15, 0.2) is 0 Å². The van der Waals surface area contributed by atoms with Gasteiger partial charge in [-0.05, 0) is 46.2 Å². The molecule has 0 spiro atoms. The molecule has 0 unspecified atom stereocenters. The van der Waals surface area contributed by atoms with Gasteiger partial charge in [0.05, 0.1) is 0 Å². The second-order valence-electron chi connectivity index (χ2n) is 15.9. The molecule has 0 saturated heterocycles. The van der Waals surface area contributed by atoms with E-state index in [0.29, 0.717) is 5.54 Å². The van der Waals surface area contributed by atoms with Crippen molar-refractivity contribution in [2.45, 2.75) is 271 Å². The molecule has 0 aliphatic rings. The molecule has 0 aliphatic heterocycles. The van der Waals surface area contributed by atoms with E-state index in [2.05, 4.69) is 39.5 Å². The van der Waals surface area contributed by atoms with Crippen molar-refractivity contribution in [2.75, 3.05) is 13.1 Å². The van der Waals surface area contributed by atoms with Crippen LogP contribution >= 0.6 is 0 Å². The fraction of sp³-hybridized carbons (Fsp3) is 1.00. The molecular weight excluding hydrogens is 542 g/mol. The van der Waals surface area contributed by atoms with Gasteiger partial charge in [0, 0.05) is 5.54 Å². The lowest BCUT2D eigenvalue weighted by molar-refractivity contribution is 0.102. The summed E-state index contributed by atoms with van der Waals surface area (Å²) in [5.74, 6) is 0. The molecular formula is C44H91N. The summed E-state index contributed by atoms with van der Waals surface area (Å²) in [6.45, 7) is 14.7. The predicted molar refractivity (Wildman–Crippen MR) is 209 cm³/mol. The molecule has 0 amide bonds. The Kier molecular flexibility index (Phi) is 36.8. The summed E-state index contributed by atoms with van der Waals surface area (Å²) in [6, 6.07) is 0. The first-order valence-electron chi connectivity index (χ1n) is 21.8. The Hall–Kier alpha value is -0.0400. The highest BCUT2D eigenvalue weighted by Gasteiger charge is 2.25. The normalized spacial score (nSPS) is 12.1. The summed E-state index contributed by atoms with van der Waals surface area (Å²) in [7, 11) is 0. The maximum Gasteiger partial charge on any atom is 0.0153 e. The number of hydrogen-bond donors (Lipinski definition) is 0. The standard InChI is InChI=1S/C44H91N/c1-6-9-12-15-17-19-21-23-25-27-29-31-33-36-39-42-45(44(4,5)41-38-35-14-11-8-3)43-40-37-34-32-30-28-26-24-22-20-18-16-13-10-7-2/h6-43H2,1-5H3. The Labute approximate surface area is 288 Å². The highest BCUT2D eigenvalue weighted by atomic mass is 15.2. The zero-order valence-corrected chi connectivity index (χ0v) is 32.8. The maximum atomic E-state index is 2.91. The molecule has 0 heterocycles. The van der Waals surface area contributed by atoms with E-state index in [9.17, 15) is 0 Å². The van der Waals surface area contributed by atoms with Gasteiger partial charge in [0.1, 0.15) is 0 Å². The van der Waals surface area contributed by atoms with Gasteiger partial charge in [-0.15, -0.1) is 0 Å². The third-order valence-corrected chi connectivity index (χ3v) is 10.8. The molecule has 0 aromatic carbocycles. The first kappa shape index (κ1) is 45.0. The minimum atomic E-state index is 0.373. The van der Waals surface area contributed by atoms with Crippen LogP contribution in [-0.4, -0.2) is 23.5 Å². The van der Waals surface area contributed by atoms with Crippen LogP contribution in [0.15, 0.2) is 0 Å². The molecule has 0 N–H and O–H groups in total. The zero-order chi connectivity index (χ0) is 32.9. The Morgan fingerprint density at radius 1 is 0.267 bits per heavy atom. The van der Waals surface area contributed by atoms with Crippen molar-refractivity contribution < 1.29 is 0 Å². The third kappa shape index (κ3) is 33.6. The smallest absolute Gasteiger partial charge is 0.0153 e. The zero-order valence-electron chi connectivity index (χ0n) is 32.8. The Bertz CT molecular complexity index is 491. The Morgan fingerprint density at radius 3 is 0.711 bits per heavy atom. The molecule has 45 heavy (non-hydrogen) atoms. The fourth-order valence-electron chi connectivity index (χ4n) is 7.38. The fourth-order valence-corrected chi connectivity index (χ4v) is 7.38. The lowest BCUT2D eigenvalue weighted by atomic mass is 9.93. The van der Waals surface area contributed by atoms with Gasteiger partial charge in [0.25, 0.3) is 0 Å². The van der Waals surface area contributed by atoms with Crippen LogP contribution in [0.3, 0.4) is 0 Å². The van der Waals surface area contributed by atoms with Crippen LogP contribution in [0.2, 0.25) is 0 Å².